The fourth-order valence-corrected chi connectivity index (χ4v) is 2.22. The minimum absolute atomic E-state index is 0.513. The molecule has 1 aromatic heterocycles. The monoisotopic (exact) mass is 230 g/mol. The summed E-state index contributed by atoms with van der Waals surface area (Å²) in [5, 5.41) is 14.2. The smallest absolute Gasteiger partial charge is 0.100 e. The molecule has 0 bridgehead atoms. The minimum Gasteiger partial charge on any atom is -0.384 e. The lowest BCUT2D eigenvalue weighted by molar-refractivity contribution is 0.217. The van der Waals surface area contributed by atoms with E-state index in [-0.39, 0.29) is 0 Å². The first-order valence-corrected chi connectivity index (χ1v) is 6.15. The molecular weight excluding hydrogens is 216 g/mol. The Labute approximate surface area is 99.7 Å². The molecule has 1 nitrogen and oxygen atoms in total. The van der Waals surface area contributed by atoms with Gasteiger partial charge in [-0.3, -0.25) is 0 Å². The first-order valence-electron chi connectivity index (χ1n) is 5.21. The normalized spacial score (nSPS) is 13.8. The van der Waals surface area contributed by atoms with Crippen LogP contribution in [0.3, 0.4) is 0 Å². The van der Waals surface area contributed by atoms with Crippen LogP contribution >= 0.6 is 11.3 Å². The summed E-state index contributed by atoms with van der Waals surface area (Å²) < 4.78 is 0. The number of aliphatic hydroxyl groups is 1. The van der Waals surface area contributed by atoms with Gasteiger partial charge >= 0.3 is 0 Å². The molecule has 0 aliphatic rings. The number of benzene rings is 1. The van der Waals surface area contributed by atoms with E-state index in [0.29, 0.717) is 0 Å². The van der Waals surface area contributed by atoms with Gasteiger partial charge in [0, 0.05) is 0 Å². The molecule has 1 aromatic carbocycles. The number of aliphatic hydroxyl groups excluding tert-OH is 1. The molecule has 0 spiro atoms. The van der Waals surface area contributed by atoms with Gasteiger partial charge in [0.05, 0.1) is 0 Å². The van der Waals surface area contributed by atoms with Crippen molar-refractivity contribution in [2.45, 2.75) is 13.0 Å². The summed E-state index contributed by atoms with van der Waals surface area (Å²) in [6.45, 7) is 1.95. The molecule has 0 fully saturated rings. The lowest BCUT2D eigenvalue weighted by Crippen LogP contribution is -1.98. The van der Waals surface area contributed by atoms with Gasteiger partial charge in [-0.2, -0.15) is 11.3 Å². The zero-order valence-electron chi connectivity index (χ0n) is 9.13. The van der Waals surface area contributed by atoms with Crippen LogP contribution in [0.1, 0.15) is 24.2 Å². The van der Waals surface area contributed by atoms with E-state index in [9.17, 15) is 5.11 Å². The average Bonchev–Trinajstić information content (AvgIpc) is 2.82. The SMILES string of the molecule is C/C(=C\c1ccsc1)[C@@H](O)c1ccccc1. The van der Waals surface area contributed by atoms with E-state index in [2.05, 4.69) is 5.38 Å². The topological polar surface area (TPSA) is 20.2 Å². The maximum Gasteiger partial charge on any atom is 0.100 e. The second-order valence-electron chi connectivity index (χ2n) is 3.76. The Hall–Kier alpha value is -1.38. The summed E-state index contributed by atoms with van der Waals surface area (Å²) in [4.78, 5) is 0. The van der Waals surface area contributed by atoms with Gasteiger partial charge in [-0.15, -0.1) is 0 Å². The van der Waals surface area contributed by atoms with Crippen molar-refractivity contribution in [2.75, 3.05) is 0 Å². The van der Waals surface area contributed by atoms with Crippen LogP contribution in [-0.4, -0.2) is 5.11 Å². The second-order valence-corrected chi connectivity index (χ2v) is 4.54. The van der Waals surface area contributed by atoms with E-state index in [4.69, 9.17) is 0 Å². The quantitative estimate of drug-likeness (QED) is 0.848. The van der Waals surface area contributed by atoms with E-state index in [0.717, 1.165) is 16.7 Å². The van der Waals surface area contributed by atoms with Crippen LogP contribution in [0, 0.1) is 0 Å². The van der Waals surface area contributed by atoms with Gasteiger partial charge in [0.1, 0.15) is 6.10 Å². The van der Waals surface area contributed by atoms with Crippen molar-refractivity contribution in [3.05, 3.63) is 63.9 Å². The highest BCUT2D eigenvalue weighted by Gasteiger charge is 2.08. The summed E-state index contributed by atoms with van der Waals surface area (Å²) in [6, 6.07) is 11.8. The summed E-state index contributed by atoms with van der Waals surface area (Å²) in [5.41, 5.74) is 3.05. The van der Waals surface area contributed by atoms with Crippen molar-refractivity contribution in [3.8, 4) is 0 Å². The molecule has 0 unspecified atom stereocenters. The first kappa shape index (κ1) is 11.1. The standard InChI is InChI=1S/C14H14OS/c1-11(9-12-7-8-16-10-12)14(15)13-5-3-2-4-6-13/h2-10,14-15H,1H3/b11-9+/t14-/m1/s1. The molecule has 1 atom stereocenters. The number of hydrogen-bond acceptors (Lipinski definition) is 2. The molecule has 1 heterocycles. The summed E-state index contributed by atoms with van der Waals surface area (Å²) >= 11 is 1.66. The summed E-state index contributed by atoms with van der Waals surface area (Å²) in [7, 11) is 0. The fourth-order valence-electron chi connectivity index (χ4n) is 1.60. The Bertz CT molecular complexity index is 457. The molecule has 0 amide bonds. The van der Waals surface area contributed by atoms with Gasteiger partial charge in [0.15, 0.2) is 0 Å². The third kappa shape index (κ3) is 2.60. The van der Waals surface area contributed by atoms with Crippen molar-refractivity contribution in [3.63, 3.8) is 0 Å². The zero-order valence-corrected chi connectivity index (χ0v) is 9.95. The van der Waals surface area contributed by atoms with E-state index in [1.54, 1.807) is 11.3 Å². The highest BCUT2D eigenvalue weighted by molar-refractivity contribution is 7.08. The number of hydrogen-bond donors (Lipinski definition) is 1. The Balaban J connectivity index is 2.20. The predicted molar refractivity (Wildman–Crippen MR) is 69.4 cm³/mol. The third-order valence-electron chi connectivity index (χ3n) is 2.48. The number of rotatable bonds is 3. The second kappa shape index (κ2) is 5.10. The van der Waals surface area contributed by atoms with Crippen molar-refractivity contribution >= 4 is 17.4 Å². The molecule has 16 heavy (non-hydrogen) atoms. The predicted octanol–water partition coefficient (Wildman–Crippen LogP) is 3.89. The highest BCUT2D eigenvalue weighted by Crippen LogP contribution is 2.23. The average molecular weight is 230 g/mol. The molecule has 2 aromatic rings. The number of thiophene rings is 1. The molecule has 0 aliphatic heterocycles. The zero-order chi connectivity index (χ0) is 11.4. The first-order chi connectivity index (χ1) is 7.77. The van der Waals surface area contributed by atoms with Gasteiger partial charge in [0.25, 0.3) is 0 Å². The Morgan fingerprint density at radius 1 is 1.25 bits per heavy atom. The maximum absolute atomic E-state index is 10.1. The maximum atomic E-state index is 10.1. The minimum atomic E-state index is -0.513. The fraction of sp³-hybridized carbons (Fsp3) is 0.143. The van der Waals surface area contributed by atoms with E-state index in [1.807, 2.05) is 54.8 Å². The van der Waals surface area contributed by atoms with Crippen molar-refractivity contribution in [1.29, 1.82) is 0 Å². The third-order valence-corrected chi connectivity index (χ3v) is 3.19. The molecule has 2 heteroatoms. The summed E-state index contributed by atoms with van der Waals surface area (Å²) in [6.07, 6.45) is 1.51. The largest absolute Gasteiger partial charge is 0.384 e. The van der Waals surface area contributed by atoms with E-state index < -0.39 is 6.10 Å². The van der Waals surface area contributed by atoms with Gasteiger partial charge in [-0.05, 0) is 40.5 Å². The molecule has 82 valence electrons. The van der Waals surface area contributed by atoms with Gasteiger partial charge < -0.3 is 5.11 Å². The molecular formula is C14H14OS. The molecule has 0 radical (unpaired) electrons. The lowest BCUT2D eigenvalue weighted by atomic mass is 10.0. The van der Waals surface area contributed by atoms with E-state index >= 15 is 0 Å². The van der Waals surface area contributed by atoms with Crippen LogP contribution < -0.4 is 0 Å². The van der Waals surface area contributed by atoms with Crippen molar-refractivity contribution in [1.82, 2.24) is 0 Å². The molecule has 0 aliphatic carbocycles. The van der Waals surface area contributed by atoms with Crippen molar-refractivity contribution in [2.24, 2.45) is 0 Å². The van der Waals surface area contributed by atoms with Crippen LogP contribution in [0.4, 0.5) is 0 Å². The molecule has 2 rings (SSSR count). The summed E-state index contributed by atoms with van der Waals surface area (Å²) in [5.74, 6) is 0. The van der Waals surface area contributed by atoms with Crippen LogP contribution in [0.2, 0.25) is 0 Å². The van der Waals surface area contributed by atoms with Crippen LogP contribution in [0.25, 0.3) is 6.08 Å². The van der Waals surface area contributed by atoms with Crippen LogP contribution in [-0.2, 0) is 0 Å². The van der Waals surface area contributed by atoms with Crippen molar-refractivity contribution < 1.29 is 5.11 Å². The van der Waals surface area contributed by atoms with Gasteiger partial charge in [-0.1, -0.05) is 36.4 Å². The molecule has 0 saturated carbocycles. The molecule has 0 saturated heterocycles. The Morgan fingerprint density at radius 2 is 2.00 bits per heavy atom. The lowest BCUT2D eigenvalue weighted by Gasteiger charge is -2.11. The highest BCUT2D eigenvalue weighted by atomic mass is 32.1. The Morgan fingerprint density at radius 3 is 2.62 bits per heavy atom. The van der Waals surface area contributed by atoms with Crippen LogP contribution in [0.5, 0.6) is 0 Å². The Kier molecular flexibility index (Phi) is 3.54. The van der Waals surface area contributed by atoms with Gasteiger partial charge in [-0.25, -0.2) is 0 Å². The van der Waals surface area contributed by atoms with Crippen LogP contribution in [0.15, 0.2) is 52.7 Å². The van der Waals surface area contributed by atoms with E-state index in [1.165, 1.54) is 0 Å². The van der Waals surface area contributed by atoms with Gasteiger partial charge in [0.2, 0.25) is 0 Å². The molecule has 1 N–H and O–H groups in total.